The van der Waals surface area contributed by atoms with E-state index < -0.39 is 0 Å². The monoisotopic (exact) mass is 334 g/mol. The topological polar surface area (TPSA) is 41.1 Å². The summed E-state index contributed by atoms with van der Waals surface area (Å²) in [6, 6.07) is 14.0. The molecule has 5 heteroatoms. The van der Waals surface area contributed by atoms with Crippen LogP contribution in [0.25, 0.3) is 0 Å². The number of nitrogens with one attached hydrogen (secondary N) is 2. The van der Waals surface area contributed by atoms with Gasteiger partial charge in [0.25, 0.3) is 0 Å². The first-order chi connectivity index (χ1) is 11.1. The molecule has 1 amide bonds. The third-order valence-electron chi connectivity index (χ3n) is 3.41. The van der Waals surface area contributed by atoms with Crippen LogP contribution in [0.4, 0.5) is 4.39 Å². The molecule has 3 nitrogen and oxygen atoms in total. The van der Waals surface area contributed by atoms with Gasteiger partial charge in [-0.15, -0.1) is 0 Å². The molecular weight excluding hydrogens is 315 g/mol. The van der Waals surface area contributed by atoms with Crippen LogP contribution in [-0.2, 0) is 17.6 Å². The minimum absolute atomic E-state index is 0.0360. The lowest BCUT2D eigenvalue weighted by atomic mass is 10.1. The van der Waals surface area contributed by atoms with Crippen molar-refractivity contribution in [2.75, 3.05) is 19.6 Å². The highest BCUT2D eigenvalue weighted by Crippen LogP contribution is 2.10. The van der Waals surface area contributed by atoms with Crippen molar-refractivity contribution in [2.24, 2.45) is 0 Å². The van der Waals surface area contributed by atoms with Gasteiger partial charge in [0.15, 0.2) is 0 Å². The molecular formula is C18H20ClFN2O. The number of carbonyl (C=O) groups is 1. The third kappa shape index (κ3) is 6.80. The van der Waals surface area contributed by atoms with Crippen molar-refractivity contribution in [2.45, 2.75) is 12.8 Å². The van der Waals surface area contributed by atoms with Crippen molar-refractivity contribution in [1.29, 1.82) is 0 Å². The number of carbonyl (C=O) groups excluding carboxylic acids is 1. The van der Waals surface area contributed by atoms with Crippen molar-refractivity contribution in [3.05, 3.63) is 70.5 Å². The summed E-state index contributed by atoms with van der Waals surface area (Å²) in [6.45, 7) is 1.53. The van der Waals surface area contributed by atoms with Crippen LogP contribution in [0.1, 0.15) is 11.1 Å². The first-order valence-electron chi connectivity index (χ1n) is 7.60. The molecule has 2 rings (SSSR count). The van der Waals surface area contributed by atoms with Crippen molar-refractivity contribution in [1.82, 2.24) is 10.6 Å². The molecule has 0 aromatic heterocycles. The molecule has 2 N–H and O–H groups in total. The summed E-state index contributed by atoms with van der Waals surface area (Å²) in [5.41, 5.74) is 2.14. The van der Waals surface area contributed by atoms with E-state index in [2.05, 4.69) is 10.6 Å². The Balaban J connectivity index is 1.57. The zero-order valence-electron chi connectivity index (χ0n) is 12.8. The molecule has 0 saturated heterocycles. The van der Waals surface area contributed by atoms with Crippen LogP contribution in [0.15, 0.2) is 48.5 Å². The SMILES string of the molecule is O=C(CNCCc1ccc(F)cc1)NCCc1cccc(Cl)c1. The molecule has 2 aromatic rings. The van der Waals surface area contributed by atoms with Crippen LogP contribution in [-0.4, -0.2) is 25.5 Å². The van der Waals surface area contributed by atoms with E-state index in [0.717, 1.165) is 24.0 Å². The van der Waals surface area contributed by atoms with Gasteiger partial charge in [-0.05, 0) is 54.8 Å². The lowest BCUT2D eigenvalue weighted by Gasteiger charge is -2.07. The number of rotatable bonds is 8. The van der Waals surface area contributed by atoms with Crippen molar-refractivity contribution in [3.8, 4) is 0 Å². The molecule has 0 saturated carbocycles. The quantitative estimate of drug-likeness (QED) is 0.729. The van der Waals surface area contributed by atoms with Crippen LogP contribution >= 0.6 is 11.6 Å². The average molecular weight is 335 g/mol. The molecule has 0 unspecified atom stereocenters. The van der Waals surface area contributed by atoms with Gasteiger partial charge in [-0.2, -0.15) is 0 Å². The predicted octanol–water partition coefficient (Wildman–Crippen LogP) is 2.97. The van der Waals surface area contributed by atoms with Gasteiger partial charge in [-0.25, -0.2) is 4.39 Å². The Morgan fingerprint density at radius 1 is 1.00 bits per heavy atom. The van der Waals surface area contributed by atoms with E-state index in [1.165, 1.54) is 12.1 Å². The molecule has 0 atom stereocenters. The van der Waals surface area contributed by atoms with Gasteiger partial charge in [0, 0.05) is 11.6 Å². The van der Waals surface area contributed by atoms with Gasteiger partial charge in [0.2, 0.25) is 5.91 Å². The van der Waals surface area contributed by atoms with Crippen molar-refractivity contribution >= 4 is 17.5 Å². The molecule has 0 aliphatic heterocycles. The molecule has 0 fully saturated rings. The first kappa shape index (κ1) is 17.4. The Morgan fingerprint density at radius 3 is 2.48 bits per heavy atom. The normalized spacial score (nSPS) is 10.5. The summed E-state index contributed by atoms with van der Waals surface area (Å²) < 4.78 is 12.8. The van der Waals surface area contributed by atoms with Gasteiger partial charge in [-0.3, -0.25) is 4.79 Å². The summed E-state index contributed by atoms with van der Waals surface area (Å²) in [4.78, 5) is 11.7. The lowest BCUT2D eigenvalue weighted by Crippen LogP contribution is -2.35. The van der Waals surface area contributed by atoms with Gasteiger partial charge >= 0.3 is 0 Å². The Bertz CT molecular complexity index is 631. The fourth-order valence-corrected chi connectivity index (χ4v) is 2.40. The summed E-state index contributed by atoms with van der Waals surface area (Å²) in [5.74, 6) is -0.271. The van der Waals surface area contributed by atoms with Crippen molar-refractivity contribution < 1.29 is 9.18 Å². The largest absolute Gasteiger partial charge is 0.355 e. The molecule has 0 spiro atoms. The standard InChI is InChI=1S/C18H20ClFN2O/c19-16-3-1-2-15(12-16)9-11-22-18(23)13-21-10-8-14-4-6-17(20)7-5-14/h1-7,12,21H,8-11,13H2,(H,22,23). The van der Waals surface area contributed by atoms with Gasteiger partial charge < -0.3 is 10.6 Å². The molecule has 2 aromatic carbocycles. The maximum Gasteiger partial charge on any atom is 0.233 e. The average Bonchev–Trinajstić information content (AvgIpc) is 2.53. The molecule has 122 valence electrons. The second kappa shape index (κ2) is 9.28. The number of benzene rings is 2. The van der Waals surface area contributed by atoms with E-state index in [1.54, 1.807) is 12.1 Å². The smallest absolute Gasteiger partial charge is 0.233 e. The molecule has 0 radical (unpaired) electrons. The maximum absolute atomic E-state index is 12.8. The maximum atomic E-state index is 12.8. The minimum atomic E-state index is -0.235. The fraction of sp³-hybridized carbons (Fsp3) is 0.278. The summed E-state index contributed by atoms with van der Waals surface area (Å²) in [6.07, 6.45) is 1.51. The van der Waals surface area contributed by atoms with Crippen LogP contribution in [0, 0.1) is 5.82 Å². The zero-order valence-corrected chi connectivity index (χ0v) is 13.6. The number of hydrogen-bond acceptors (Lipinski definition) is 2. The Kier molecular flexibility index (Phi) is 7.04. The zero-order chi connectivity index (χ0) is 16.5. The summed E-state index contributed by atoms with van der Waals surface area (Å²) in [7, 11) is 0. The second-order valence-electron chi connectivity index (χ2n) is 5.28. The number of amides is 1. The molecule has 0 bridgehead atoms. The molecule has 0 aliphatic rings. The third-order valence-corrected chi connectivity index (χ3v) is 3.65. The van der Waals surface area contributed by atoms with Gasteiger partial charge in [-0.1, -0.05) is 35.9 Å². The van der Waals surface area contributed by atoms with Crippen LogP contribution < -0.4 is 10.6 Å². The van der Waals surface area contributed by atoms with E-state index in [0.29, 0.717) is 18.1 Å². The number of halogens is 2. The highest BCUT2D eigenvalue weighted by atomic mass is 35.5. The van der Waals surface area contributed by atoms with Crippen molar-refractivity contribution in [3.63, 3.8) is 0 Å². The van der Waals surface area contributed by atoms with Crippen LogP contribution in [0.5, 0.6) is 0 Å². The highest BCUT2D eigenvalue weighted by molar-refractivity contribution is 6.30. The first-order valence-corrected chi connectivity index (χ1v) is 7.97. The minimum Gasteiger partial charge on any atom is -0.355 e. The van der Waals surface area contributed by atoms with E-state index in [4.69, 9.17) is 11.6 Å². The van der Waals surface area contributed by atoms with Crippen LogP contribution in [0.2, 0.25) is 5.02 Å². The van der Waals surface area contributed by atoms with E-state index in [9.17, 15) is 9.18 Å². The van der Waals surface area contributed by atoms with Crippen LogP contribution in [0.3, 0.4) is 0 Å². The summed E-state index contributed by atoms with van der Waals surface area (Å²) in [5, 5.41) is 6.65. The highest BCUT2D eigenvalue weighted by Gasteiger charge is 2.01. The lowest BCUT2D eigenvalue weighted by molar-refractivity contribution is -0.120. The summed E-state index contributed by atoms with van der Waals surface area (Å²) >= 11 is 5.91. The predicted molar refractivity (Wildman–Crippen MR) is 91.1 cm³/mol. The van der Waals surface area contributed by atoms with E-state index in [-0.39, 0.29) is 18.3 Å². The molecule has 0 aliphatic carbocycles. The Morgan fingerprint density at radius 2 is 1.74 bits per heavy atom. The molecule has 0 heterocycles. The Hall–Kier alpha value is -1.91. The van der Waals surface area contributed by atoms with E-state index in [1.807, 2.05) is 24.3 Å². The Labute approximate surface area is 140 Å². The second-order valence-corrected chi connectivity index (χ2v) is 5.72. The van der Waals surface area contributed by atoms with E-state index >= 15 is 0 Å². The van der Waals surface area contributed by atoms with Gasteiger partial charge in [0.1, 0.15) is 5.82 Å². The number of hydrogen-bond donors (Lipinski definition) is 2. The molecule has 23 heavy (non-hydrogen) atoms. The van der Waals surface area contributed by atoms with Gasteiger partial charge in [0.05, 0.1) is 6.54 Å². The fourth-order valence-electron chi connectivity index (χ4n) is 2.19.